The van der Waals surface area contributed by atoms with Gasteiger partial charge in [0.1, 0.15) is 10.9 Å². The molecule has 2 fully saturated rings. The van der Waals surface area contributed by atoms with Gasteiger partial charge in [0.25, 0.3) is 5.91 Å². The molecule has 0 N–H and O–H groups in total. The van der Waals surface area contributed by atoms with Crippen molar-refractivity contribution in [2.75, 3.05) is 19.6 Å². The summed E-state index contributed by atoms with van der Waals surface area (Å²) in [5, 5.41) is 1.96. The molecule has 0 spiro atoms. The van der Waals surface area contributed by atoms with Gasteiger partial charge in [0.15, 0.2) is 0 Å². The van der Waals surface area contributed by atoms with E-state index in [1.165, 1.54) is 23.1 Å². The second kappa shape index (κ2) is 6.93. The van der Waals surface area contributed by atoms with Gasteiger partial charge in [-0.2, -0.15) is 0 Å². The Morgan fingerprint density at radius 3 is 2.77 bits per heavy atom. The molecule has 0 radical (unpaired) electrons. The van der Waals surface area contributed by atoms with Crippen LogP contribution in [0, 0.1) is 0 Å². The van der Waals surface area contributed by atoms with Gasteiger partial charge in [0.05, 0.1) is 4.91 Å². The molecule has 2 aliphatic heterocycles. The lowest BCUT2D eigenvalue weighted by atomic mass is 10.1. The molecule has 0 aromatic carbocycles. The standard InChI is InChI=1S/C15H16N2O2S3/c18-13(16-6-2-1-3-7-16)10-17-14(19)12(22-15(17)20)9-11-5-4-8-21-11/h4-5,8-9H,1-3,6-7,10H2/b12-9+. The topological polar surface area (TPSA) is 40.6 Å². The molecule has 0 saturated carbocycles. The monoisotopic (exact) mass is 352 g/mol. The number of nitrogens with zero attached hydrogens (tertiary/aromatic N) is 2. The van der Waals surface area contributed by atoms with Gasteiger partial charge in [0, 0.05) is 18.0 Å². The van der Waals surface area contributed by atoms with Crippen LogP contribution in [0.4, 0.5) is 0 Å². The lowest BCUT2D eigenvalue weighted by molar-refractivity contribution is -0.136. The Hall–Kier alpha value is -1.18. The normalized spacial score (nSPS) is 21.0. The molecule has 2 amide bonds. The van der Waals surface area contributed by atoms with E-state index in [0.29, 0.717) is 9.23 Å². The number of thiocarbonyl (C=S) groups is 1. The van der Waals surface area contributed by atoms with E-state index in [1.54, 1.807) is 11.3 Å². The summed E-state index contributed by atoms with van der Waals surface area (Å²) in [7, 11) is 0. The quantitative estimate of drug-likeness (QED) is 0.619. The van der Waals surface area contributed by atoms with E-state index in [-0.39, 0.29) is 18.4 Å². The summed E-state index contributed by atoms with van der Waals surface area (Å²) in [5.41, 5.74) is 0. The second-order valence-corrected chi connectivity index (χ2v) is 7.88. The van der Waals surface area contributed by atoms with Crippen LogP contribution in [0.25, 0.3) is 6.08 Å². The van der Waals surface area contributed by atoms with Gasteiger partial charge in [-0.25, -0.2) is 0 Å². The Morgan fingerprint density at radius 1 is 1.32 bits per heavy atom. The molecule has 2 aliphatic rings. The highest BCUT2D eigenvalue weighted by Gasteiger charge is 2.34. The van der Waals surface area contributed by atoms with E-state index in [1.807, 2.05) is 28.5 Å². The first-order valence-electron chi connectivity index (χ1n) is 7.22. The van der Waals surface area contributed by atoms with Crippen LogP contribution in [0.15, 0.2) is 22.4 Å². The zero-order valence-corrected chi connectivity index (χ0v) is 14.4. The maximum atomic E-state index is 12.4. The molecule has 0 bridgehead atoms. The minimum Gasteiger partial charge on any atom is -0.341 e. The zero-order valence-electron chi connectivity index (χ0n) is 12.0. The van der Waals surface area contributed by atoms with Crippen molar-refractivity contribution in [1.82, 2.24) is 9.80 Å². The van der Waals surface area contributed by atoms with Crippen molar-refractivity contribution < 1.29 is 9.59 Å². The number of thiophene rings is 1. The molecule has 3 heterocycles. The summed E-state index contributed by atoms with van der Waals surface area (Å²) in [6.45, 7) is 1.64. The van der Waals surface area contributed by atoms with Gasteiger partial charge in [-0.1, -0.05) is 30.0 Å². The summed E-state index contributed by atoms with van der Waals surface area (Å²) in [5.74, 6) is -0.165. The van der Waals surface area contributed by atoms with Crippen molar-refractivity contribution in [3.63, 3.8) is 0 Å². The van der Waals surface area contributed by atoms with E-state index in [2.05, 4.69) is 0 Å². The minimum atomic E-state index is -0.159. The van der Waals surface area contributed by atoms with Crippen LogP contribution in [-0.4, -0.2) is 45.6 Å². The summed E-state index contributed by atoms with van der Waals surface area (Å²) < 4.78 is 0.471. The first-order chi connectivity index (χ1) is 10.6. The average Bonchev–Trinajstić information content (AvgIpc) is 3.12. The van der Waals surface area contributed by atoms with E-state index in [0.717, 1.165) is 30.8 Å². The lowest BCUT2D eigenvalue weighted by Gasteiger charge is -2.28. The smallest absolute Gasteiger partial charge is 0.266 e. The van der Waals surface area contributed by atoms with Crippen LogP contribution >= 0.6 is 35.3 Å². The Morgan fingerprint density at radius 2 is 2.09 bits per heavy atom. The van der Waals surface area contributed by atoms with Gasteiger partial charge in [-0.3, -0.25) is 14.5 Å². The molecule has 0 aliphatic carbocycles. The summed E-state index contributed by atoms with van der Waals surface area (Å²) in [6, 6.07) is 3.90. The molecule has 0 unspecified atom stereocenters. The number of thioether (sulfide) groups is 1. The fraction of sp³-hybridized carbons (Fsp3) is 0.400. The minimum absolute atomic E-state index is 0.00614. The Bertz CT molecular complexity index is 619. The van der Waals surface area contributed by atoms with Gasteiger partial charge in [-0.05, 0) is 36.8 Å². The van der Waals surface area contributed by atoms with E-state index >= 15 is 0 Å². The number of amides is 2. The van der Waals surface area contributed by atoms with Crippen LogP contribution in [0.5, 0.6) is 0 Å². The molecule has 1 aromatic heterocycles. The third kappa shape index (κ3) is 3.42. The molecular formula is C15H16N2O2S3. The Kier molecular flexibility index (Phi) is 4.95. The largest absolute Gasteiger partial charge is 0.341 e. The van der Waals surface area contributed by atoms with Crippen LogP contribution in [0.3, 0.4) is 0 Å². The van der Waals surface area contributed by atoms with Gasteiger partial charge >= 0.3 is 0 Å². The SMILES string of the molecule is O=C(CN1C(=O)/C(=C\c2cccs2)SC1=S)N1CCCCC1. The van der Waals surface area contributed by atoms with E-state index < -0.39 is 0 Å². The van der Waals surface area contributed by atoms with Crippen molar-refractivity contribution in [2.24, 2.45) is 0 Å². The molecule has 1 aromatic rings. The fourth-order valence-corrected chi connectivity index (χ4v) is 4.50. The third-order valence-corrected chi connectivity index (χ3v) is 5.89. The highest BCUT2D eigenvalue weighted by molar-refractivity contribution is 8.26. The van der Waals surface area contributed by atoms with Crippen molar-refractivity contribution in [1.29, 1.82) is 0 Å². The highest BCUT2D eigenvalue weighted by atomic mass is 32.2. The predicted octanol–water partition coefficient (Wildman–Crippen LogP) is 2.96. The Labute approximate surface area is 143 Å². The molecule has 116 valence electrons. The fourth-order valence-electron chi connectivity index (χ4n) is 2.52. The number of carbonyl (C=O) groups excluding carboxylic acids is 2. The summed E-state index contributed by atoms with van der Waals surface area (Å²) in [6.07, 6.45) is 5.11. The van der Waals surface area contributed by atoms with Gasteiger partial charge in [-0.15, -0.1) is 11.3 Å². The first kappa shape index (κ1) is 15.7. The van der Waals surface area contributed by atoms with Crippen molar-refractivity contribution in [3.05, 3.63) is 27.3 Å². The zero-order chi connectivity index (χ0) is 15.5. The van der Waals surface area contributed by atoms with Gasteiger partial charge in [0.2, 0.25) is 5.91 Å². The number of hydrogen-bond acceptors (Lipinski definition) is 5. The van der Waals surface area contributed by atoms with Crippen LogP contribution in [-0.2, 0) is 9.59 Å². The predicted molar refractivity (Wildman–Crippen MR) is 94.6 cm³/mol. The molecule has 3 rings (SSSR count). The molecule has 4 nitrogen and oxygen atoms in total. The maximum absolute atomic E-state index is 12.4. The van der Waals surface area contributed by atoms with E-state index in [4.69, 9.17) is 12.2 Å². The number of carbonyl (C=O) groups is 2. The first-order valence-corrected chi connectivity index (χ1v) is 9.32. The highest BCUT2D eigenvalue weighted by Crippen LogP contribution is 2.33. The van der Waals surface area contributed by atoms with Crippen LogP contribution in [0.2, 0.25) is 0 Å². The van der Waals surface area contributed by atoms with Crippen molar-refractivity contribution in [2.45, 2.75) is 19.3 Å². The average molecular weight is 353 g/mol. The van der Waals surface area contributed by atoms with Gasteiger partial charge < -0.3 is 4.90 Å². The third-order valence-electron chi connectivity index (χ3n) is 3.69. The van der Waals surface area contributed by atoms with Crippen molar-refractivity contribution in [3.8, 4) is 0 Å². The Balaban J connectivity index is 1.68. The number of piperidine rings is 1. The molecule has 22 heavy (non-hydrogen) atoms. The number of hydrogen-bond donors (Lipinski definition) is 0. The van der Waals surface area contributed by atoms with Crippen molar-refractivity contribution >= 4 is 57.5 Å². The van der Waals surface area contributed by atoms with Crippen LogP contribution in [0.1, 0.15) is 24.1 Å². The lowest BCUT2D eigenvalue weighted by Crippen LogP contribution is -2.44. The summed E-state index contributed by atoms with van der Waals surface area (Å²) in [4.78, 5) is 29.6. The second-order valence-electron chi connectivity index (χ2n) is 5.22. The molecule has 0 atom stereocenters. The molecule has 7 heteroatoms. The van der Waals surface area contributed by atoms with E-state index in [9.17, 15) is 9.59 Å². The summed E-state index contributed by atoms with van der Waals surface area (Å²) >= 11 is 8.12. The van der Waals surface area contributed by atoms with Crippen LogP contribution < -0.4 is 0 Å². The molecular weight excluding hydrogens is 336 g/mol. The molecule has 2 saturated heterocycles. The number of rotatable bonds is 3. The maximum Gasteiger partial charge on any atom is 0.266 e. The number of likely N-dealkylation sites (tertiary alicyclic amines) is 1.